The van der Waals surface area contributed by atoms with Gasteiger partial charge in [-0.05, 0) is 32.9 Å². The number of carbonyl (C=O) groups is 4. The molecule has 2 rings (SSSR count). The summed E-state index contributed by atoms with van der Waals surface area (Å²) in [6.45, 7) is 9.76. The minimum atomic E-state index is -0.794. The first kappa shape index (κ1) is 22.3. The molecule has 1 N–H and O–H groups in total. The maximum absolute atomic E-state index is 12.7. The summed E-state index contributed by atoms with van der Waals surface area (Å²) in [6.07, 6.45) is 0.652. The monoisotopic (exact) mass is 412 g/mol. The lowest BCUT2D eigenvalue weighted by atomic mass is 9.85. The van der Waals surface area contributed by atoms with E-state index in [0.29, 0.717) is 12.1 Å². The Morgan fingerprint density at radius 1 is 1.18 bits per heavy atom. The third kappa shape index (κ3) is 4.19. The van der Waals surface area contributed by atoms with Gasteiger partial charge in [0.1, 0.15) is 0 Å². The summed E-state index contributed by atoms with van der Waals surface area (Å²) in [4.78, 5) is 50.2. The van der Waals surface area contributed by atoms with Gasteiger partial charge in [0.25, 0.3) is 0 Å². The zero-order valence-electron chi connectivity index (χ0n) is 17.2. The molecule has 8 nitrogen and oxygen atoms in total. The number of carbonyl (C=O) groups excluding carboxylic acids is 4. The molecule has 0 saturated carbocycles. The molecule has 156 valence electrons. The number of esters is 2. The van der Waals surface area contributed by atoms with E-state index in [1.165, 1.54) is 11.8 Å². The summed E-state index contributed by atoms with van der Waals surface area (Å²) < 4.78 is 10.1. The molecule has 2 heterocycles. The number of nitrogens with one attached hydrogen (secondary N) is 1. The van der Waals surface area contributed by atoms with Crippen LogP contribution in [0.2, 0.25) is 0 Å². The Bertz CT molecular complexity index is 712. The van der Waals surface area contributed by atoms with Crippen molar-refractivity contribution < 1.29 is 28.7 Å². The second kappa shape index (κ2) is 8.55. The number of rotatable bonds is 7. The molecule has 2 aliphatic rings. The molecule has 0 bridgehead atoms. The minimum absolute atomic E-state index is 0.0349. The molecule has 2 aliphatic heterocycles. The Hall–Kier alpha value is -2.03. The van der Waals surface area contributed by atoms with Crippen LogP contribution in [0.5, 0.6) is 0 Å². The Labute approximate surface area is 169 Å². The number of β-lactam (4-membered cyclic amide) rings is 1. The smallest absolute Gasteiger partial charge is 0.359 e. The number of thioether (sulfide) groups is 1. The average molecular weight is 413 g/mol. The zero-order valence-corrected chi connectivity index (χ0v) is 18.0. The number of amides is 2. The van der Waals surface area contributed by atoms with E-state index in [0.717, 1.165) is 5.75 Å². The summed E-state index contributed by atoms with van der Waals surface area (Å²) in [5, 5.41) is 2.50. The van der Waals surface area contributed by atoms with Gasteiger partial charge in [-0.3, -0.25) is 19.3 Å². The van der Waals surface area contributed by atoms with Crippen LogP contribution in [0.4, 0.5) is 0 Å². The first-order valence-corrected chi connectivity index (χ1v) is 10.4. The van der Waals surface area contributed by atoms with Crippen LogP contribution in [0.25, 0.3) is 0 Å². The van der Waals surface area contributed by atoms with Crippen molar-refractivity contribution in [2.24, 2.45) is 11.3 Å². The Morgan fingerprint density at radius 3 is 2.32 bits per heavy atom. The van der Waals surface area contributed by atoms with E-state index in [4.69, 9.17) is 9.47 Å². The SMILES string of the molecule is CCSC1C(NC(C)=O)=C(C(=O)OCOC(=O)C(C)(C)C)N2C(=O)C(CC)C12. The van der Waals surface area contributed by atoms with Gasteiger partial charge in [-0.15, -0.1) is 0 Å². The molecule has 2 amide bonds. The fourth-order valence-electron chi connectivity index (χ4n) is 3.34. The molecule has 9 heteroatoms. The molecule has 0 aromatic heterocycles. The van der Waals surface area contributed by atoms with Gasteiger partial charge in [-0.2, -0.15) is 11.8 Å². The maximum Gasteiger partial charge on any atom is 0.359 e. The van der Waals surface area contributed by atoms with Crippen LogP contribution in [0, 0.1) is 11.3 Å². The minimum Gasteiger partial charge on any atom is -0.427 e. The Balaban J connectivity index is 2.24. The lowest BCUT2D eigenvalue weighted by Crippen LogP contribution is -2.61. The van der Waals surface area contributed by atoms with E-state index in [9.17, 15) is 19.2 Å². The molecular formula is C19H28N2O6S. The largest absolute Gasteiger partial charge is 0.427 e. The van der Waals surface area contributed by atoms with E-state index in [1.54, 1.807) is 32.5 Å². The molecular weight excluding hydrogens is 384 g/mol. The molecule has 0 radical (unpaired) electrons. The number of fused-ring (bicyclic) bond motifs is 1. The van der Waals surface area contributed by atoms with E-state index >= 15 is 0 Å². The molecule has 0 aliphatic carbocycles. The van der Waals surface area contributed by atoms with Crippen LogP contribution in [0.3, 0.4) is 0 Å². The number of hydrogen-bond acceptors (Lipinski definition) is 7. The normalized spacial score (nSPS) is 23.9. The van der Waals surface area contributed by atoms with Crippen LogP contribution in [-0.2, 0) is 28.7 Å². The van der Waals surface area contributed by atoms with Gasteiger partial charge in [0, 0.05) is 6.92 Å². The maximum atomic E-state index is 12.7. The Morgan fingerprint density at radius 2 is 1.82 bits per heavy atom. The van der Waals surface area contributed by atoms with Crippen molar-refractivity contribution in [3.8, 4) is 0 Å². The topological polar surface area (TPSA) is 102 Å². The highest BCUT2D eigenvalue weighted by Crippen LogP contribution is 2.47. The zero-order chi connectivity index (χ0) is 21.2. The number of nitrogens with zero attached hydrogens (tertiary/aromatic N) is 1. The van der Waals surface area contributed by atoms with E-state index in [-0.39, 0.29) is 34.7 Å². The van der Waals surface area contributed by atoms with Crippen molar-refractivity contribution in [1.82, 2.24) is 10.2 Å². The molecule has 1 fully saturated rings. The molecule has 3 atom stereocenters. The van der Waals surface area contributed by atoms with Gasteiger partial charge >= 0.3 is 11.9 Å². The lowest BCUT2D eigenvalue weighted by molar-refractivity contribution is -0.174. The average Bonchev–Trinajstić information content (AvgIpc) is 2.85. The van der Waals surface area contributed by atoms with Crippen molar-refractivity contribution in [2.45, 2.75) is 59.3 Å². The van der Waals surface area contributed by atoms with Crippen LogP contribution in [-0.4, -0.2) is 52.5 Å². The van der Waals surface area contributed by atoms with Crippen molar-refractivity contribution in [2.75, 3.05) is 12.5 Å². The summed E-state index contributed by atoms with van der Waals surface area (Å²) >= 11 is 1.57. The quantitative estimate of drug-likeness (QED) is 0.386. The summed E-state index contributed by atoms with van der Waals surface area (Å²) in [5.41, 5.74) is -0.302. The van der Waals surface area contributed by atoms with Crippen LogP contribution in [0.1, 0.15) is 48.0 Å². The second-order valence-electron chi connectivity index (χ2n) is 7.76. The highest BCUT2D eigenvalue weighted by molar-refractivity contribution is 8.00. The third-order valence-electron chi connectivity index (χ3n) is 4.64. The van der Waals surface area contributed by atoms with Gasteiger partial charge < -0.3 is 14.8 Å². The number of ether oxygens (including phenoxy) is 2. The second-order valence-corrected chi connectivity index (χ2v) is 9.18. The first-order chi connectivity index (χ1) is 13.0. The molecule has 0 aromatic carbocycles. The van der Waals surface area contributed by atoms with E-state index in [2.05, 4.69) is 5.32 Å². The van der Waals surface area contributed by atoms with Crippen molar-refractivity contribution >= 4 is 35.5 Å². The third-order valence-corrected chi connectivity index (χ3v) is 5.85. The molecule has 0 aromatic rings. The van der Waals surface area contributed by atoms with Gasteiger partial charge in [0.15, 0.2) is 5.70 Å². The van der Waals surface area contributed by atoms with Crippen LogP contribution < -0.4 is 5.32 Å². The first-order valence-electron chi connectivity index (χ1n) is 9.35. The molecule has 28 heavy (non-hydrogen) atoms. The van der Waals surface area contributed by atoms with E-state index < -0.39 is 24.1 Å². The van der Waals surface area contributed by atoms with Gasteiger partial charge in [-0.1, -0.05) is 13.8 Å². The molecule has 0 spiro atoms. The summed E-state index contributed by atoms with van der Waals surface area (Å²) in [6, 6.07) is -0.191. The fraction of sp³-hybridized carbons (Fsp3) is 0.684. The van der Waals surface area contributed by atoms with Crippen molar-refractivity contribution in [3.63, 3.8) is 0 Å². The van der Waals surface area contributed by atoms with Gasteiger partial charge in [0.05, 0.1) is 28.3 Å². The van der Waals surface area contributed by atoms with Crippen molar-refractivity contribution in [3.05, 3.63) is 11.4 Å². The van der Waals surface area contributed by atoms with Crippen molar-refractivity contribution in [1.29, 1.82) is 0 Å². The summed E-state index contributed by atoms with van der Waals surface area (Å²) in [5.74, 6) is -1.23. The standard InChI is InChI=1S/C19H28N2O6S/c1-7-11-13-15(28-8-2)12(20-10(3)22)14(21(13)16(11)23)17(24)26-9-27-18(25)19(4,5)6/h11,13,15H,7-9H2,1-6H3,(H,20,22). The van der Waals surface area contributed by atoms with Crippen LogP contribution >= 0.6 is 11.8 Å². The molecule has 1 saturated heterocycles. The number of hydrogen-bond donors (Lipinski definition) is 1. The predicted octanol–water partition coefficient (Wildman–Crippen LogP) is 1.80. The van der Waals surface area contributed by atoms with E-state index in [1.807, 2.05) is 13.8 Å². The van der Waals surface area contributed by atoms with Gasteiger partial charge in [-0.25, -0.2) is 4.79 Å². The predicted molar refractivity (Wildman–Crippen MR) is 104 cm³/mol. The van der Waals surface area contributed by atoms with Crippen LogP contribution in [0.15, 0.2) is 11.4 Å². The van der Waals surface area contributed by atoms with Gasteiger partial charge in [0.2, 0.25) is 18.6 Å². The lowest BCUT2D eigenvalue weighted by Gasteiger charge is -2.45. The highest BCUT2D eigenvalue weighted by atomic mass is 32.2. The Kier molecular flexibility index (Phi) is 6.80. The fourth-order valence-corrected chi connectivity index (χ4v) is 4.54. The highest BCUT2D eigenvalue weighted by Gasteiger charge is 2.59. The summed E-state index contributed by atoms with van der Waals surface area (Å²) in [7, 11) is 0. The molecule has 3 unspecified atom stereocenters.